The van der Waals surface area contributed by atoms with Gasteiger partial charge < -0.3 is 29.6 Å². The Labute approximate surface area is 305 Å². The molecule has 0 atom stereocenters. The van der Waals surface area contributed by atoms with Gasteiger partial charge in [0.15, 0.2) is 11.5 Å². The van der Waals surface area contributed by atoms with Crippen LogP contribution in [0.2, 0.25) is 0 Å². The molecule has 0 saturated carbocycles. The lowest BCUT2D eigenvalue weighted by Gasteiger charge is -2.34. The quantitative estimate of drug-likeness (QED) is 0.230. The summed E-state index contributed by atoms with van der Waals surface area (Å²) in [6.45, 7) is 9.59. The largest absolute Gasteiger partial charge is 0.491 e. The Kier molecular flexibility index (Phi) is 11.0. The molecule has 1 saturated heterocycles. The second kappa shape index (κ2) is 15.8. The first kappa shape index (κ1) is 36.9. The van der Waals surface area contributed by atoms with Crippen LogP contribution in [-0.2, 0) is 16.0 Å². The molecule has 0 spiro atoms. The maximum atomic E-state index is 14.7. The summed E-state index contributed by atoms with van der Waals surface area (Å²) in [6.07, 6.45) is 2.60. The van der Waals surface area contributed by atoms with Gasteiger partial charge in [-0.15, -0.1) is 0 Å². The molecule has 4 heterocycles. The number of nitrogens with zero attached hydrogens (tertiary/aromatic N) is 7. The molecule has 2 aromatic carbocycles. The number of nitrogen functional groups attached to an aromatic ring is 1. The molecule has 280 valence electrons. The zero-order chi connectivity index (χ0) is 37.7. The molecule has 6 rings (SSSR count). The number of benzene rings is 2. The van der Waals surface area contributed by atoms with Crippen LogP contribution >= 0.6 is 0 Å². The Morgan fingerprint density at radius 1 is 1.02 bits per heavy atom. The molecular weight excluding hydrogens is 689 g/mol. The third kappa shape index (κ3) is 8.97. The maximum Gasteiger partial charge on any atom is 0.415 e. The van der Waals surface area contributed by atoms with E-state index in [9.17, 15) is 18.8 Å². The van der Waals surface area contributed by atoms with E-state index in [0.717, 1.165) is 18.2 Å². The van der Waals surface area contributed by atoms with Gasteiger partial charge in [0, 0.05) is 63.3 Å². The van der Waals surface area contributed by atoms with Gasteiger partial charge in [0.25, 0.3) is 5.91 Å². The second-order valence-corrected chi connectivity index (χ2v) is 13.5. The highest BCUT2D eigenvalue weighted by Crippen LogP contribution is 2.43. The number of amides is 2. The molecule has 3 aliphatic heterocycles. The van der Waals surface area contributed by atoms with Crippen LogP contribution in [0.15, 0.2) is 52.7 Å². The van der Waals surface area contributed by atoms with Gasteiger partial charge in [-0.3, -0.25) is 29.7 Å². The van der Waals surface area contributed by atoms with Crippen molar-refractivity contribution in [2.75, 3.05) is 65.3 Å². The number of amidine groups is 1. The monoisotopic (exact) mass is 731 g/mol. The van der Waals surface area contributed by atoms with Crippen molar-refractivity contribution in [2.24, 2.45) is 9.98 Å². The van der Waals surface area contributed by atoms with Gasteiger partial charge in [0.1, 0.15) is 28.7 Å². The number of methoxy groups -OCH3 is 1. The molecule has 0 unspecified atom stereocenters. The van der Waals surface area contributed by atoms with Crippen LogP contribution in [0.4, 0.5) is 20.8 Å². The lowest BCUT2D eigenvalue weighted by molar-refractivity contribution is -0.154. The predicted octanol–water partition coefficient (Wildman–Crippen LogP) is 3.17. The van der Waals surface area contributed by atoms with E-state index in [1.807, 2.05) is 17.0 Å². The molecule has 0 radical (unpaired) electrons. The first-order chi connectivity index (χ1) is 25.4. The Hall–Kier alpha value is -5.84. The lowest BCUT2D eigenvalue weighted by atomic mass is 10.1. The number of piperazine rings is 1. The smallest absolute Gasteiger partial charge is 0.415 e. The van der Waals surface area contributed by atoms with E-state index in [1.54, 1.807) is 25.7 Å². The van der Waals surface area contributed by atoms with Crippen molar-refractivity contribution in [3.8, 4) is 17.2 Å². The van der Waals surface area contributed by atoms with Crippen molar-refractivity contribution < 1.29 is 37.7 Å². The third-order valence-electron chi connectivity index (χ3n) is 8.51. The van der Waals surface area contributed by atoms with Crippen LogP contribution < -0.4 is 25.3 Å². The van der Waals surface area contributed by atoms with Crippen LogP contribution in [0.25, 0.3) is 0 Å². The molecule has 3 aromatic rings. The minimum absolute atomic E-state index is 0.0612. The summed E-state index contributed by atoms with van der Waals surface area (Å²) in [7, 11) is 1.54. The van der Waals surface area contributed by atoms with Gasteiger partial charge in [-0.1, -0.05) is 6.07 Å². The fourth-order valence-electron chi connectivity index (χ4n) is 5.99. The number of hydrogen-bond acceptors (Lipinski definition) is 14. The number of halogens is 1. The number of fused-ring (bicyclic) bond motifs is 3. The topological polar surface area (TPSA) is 186 Å². The number of carbonyl (C=O) groups is 3. The number of hydrogen-bond donors (Lipinski definition) is 2. The highest BCUT2D eigenvalue weighted by molar-refractivity contribution is 6.20. The second-order valence-electron chi connectivity index (χ2n) is 13.5. The molecule has 53 heavy (non-hydrogen) atoms. The van der Waals surface area contributed by atoms with Crippen LogP contribution in [0.5, 0.6) is 17.2 Å². The van der Waals surface area contributed by atoms with Gasteiger partial charge in [0.2, 0.25) is 11.9 Å². The minimum Gasteiger partial charge on any atom is -0.491 e. The normalized spacial score (nSPS) is 15.5. The van der Waals surface area contributed by atoms with Gasteiger partial charge in [-0.25, -0.2) is 24.1 Å². The standard InChI is InChI=1S/C36H42FN9O7/c1-36(2,3)53-28(47)18-22-6-7-24(19-26(22)37)52-35(49)45-15-13-44(14-16-45)11-5-17-51-27-9-8-25-29(30(27)50-4)42-34(46-12-10-39-31(25)46)43-32(48)23-20-40-33(38)41-21-23/h6-9,19-21H,5,10-18H2,1-4H3,(H2,38,40,41)(H,42,43,48). The van der Waals surface area contributed by atoms with E-state index in [1.165, 1.54) is 31.6 Å². The van der Waals surface area contributed by atoms with E-state index >= 15 is 0 Å². The Bertz CT molecular complexity index is 1920. The average Bonchev–Trinajstić information content (AvgIpc) is 3.62. The van der Waals surface area contributed by atoms with E-state index in [2.05, 4.69) is 25.2 Å². The fraction of sp³-hybridized carbons (Fsp3) is 0.417. The third-order valence-corrected chi connectivity index (χ3v) is 8.51. The van der Waals surface area contributed by atoms with Gasteiger partial charge >= 0.3 is 12.1 Å². The molecule has 1 fully saturated rings. The maximum absolute atomic E-state index is 14.7. The summed E-state index contributed by atoms with van der Waals surface area (Å²) in [5.74, 6) is 0.387. The number of nitrogens with two attached hydrogens (primary N) is 1. The van der Waals surface area contributed by atoms with Crippen molar-refractivity contribution in [2.45, 2.75) is 39.2 Å². The van der Waals surface area contributed by atoms with Crippen molar-refractivity contribution in [1.29, 1.82) is 0 Å². The molecule has 1 aromatic heterocycles. The van der Waals surface area contributed by atoms with E-state index in [-0.39, 0.29) is 29.2 Å². The van der Waals surface area contributed by atoms with E-state index in [4.69, 9.17) is 29.7 Å². The molecule has 0 bridgehead atoms. The Morgan fingerprint density at radius 2 is 1.77 bits per heavy atom. The molecule has 3 aliphatic rings. The fourth-order valence-corrected chi connectivity index (χ4v) is 5.99. The summed E-state index contributed by atoms with van der Waals surface area (Å²) >= 11 is 0. The number of aliphatic imine (C=N–C) groups is 2. The highest BCUT2D eigenvalue weighted by atomic mass is 19.1. The molecule has 0 aliphatic carbocycles. The highest BCUT2D eigenvalue weighted by Gasteiger charge is 2.33. The van der Waals surface area contributed by atoms with Gasteiger partial charge in [-0.2, -0.15) is 0 Å². The minimum atomic E-state index is -0.673. The summed E-state index contributed by atoms with van der Waals surface area (Å²) in [4.78, 5) is 60.7. The van der Waals surface area contributed by atoms with Crippen LogP contribution in [-0.4, -0.2) is 120 Å². The van der Waals surface area contributed by atoms with E-state index < -0.39 is 29.4 Å². The van der Waals surface area contributed by atoms with Gasteiger partial charge in [-0.05, 0) is 51.0 Å². The summed E-state index contributed by atoms with van der Waals surface area (Å²) in [6, 6.07) is 7.70. The number of guanidine groups is 1. The summed E-state index contributed by atoms with van der Waals surface area (Å²) in [5.41, 5.74) is 6.53. The summed E-state index contributed by atoms with van der Waals surface area (Å²) < 4.78 is 37.2. The number of rotatable bonds is 10. The molecule has 3 N–H and O–H groups in total. The van der Waals surface area contributed by atoms with Crippen LogP contribution in [0.1, 0.15) is 48.7 Å². The SMILES string of the molecule is COc1c(OCCCN2CCN(C(=O)Oc3ccc(CC(=O)OC(C)(C)C)c(F)c3)CC2)ccc2c1N=C(NC(=O)c1cnc(N)nc1)N1CCN=C21. The Balaban J connectivity index is 0.986. The van der Waals surface area contributed by atoms with Crippen molar-refractivity contribution in [3.63, 3.8) is 0 Å². The van der Waals surface area contributed by atoms with E-state index in [0.29, 0.717) is 81.3 Å². The molecule has 16 nitrogen and oxygen atoms in total. The Morgan fingerprint density at radius 3 is 2.47 bits per heavy atom. The van der Waals surface area contributed by atoms with Crippen molar-refractivity contribution >= 4 is 41.4 Å². The summed E-state index contributed by atoms with van der Waals surface area (Å²) in [5, 5.41) is 2.84. The number of nitrogens with one attached hydrogen (secondary N) is 1. The number of ether oxygens (including phenoxy) is 4. The molecule has 17 heteroatoms. The van der Waals surface area contributed by atoms with Crippen LogP contribution in [0, 0.1) is 5.82 Å². The van der Waals surface area contributed by atoms with Crippen molar-refractivity contribution in [3.05, 3.63) is 65.2 Å². The number of carbonyl (C=O) groups excluding carboxylic acids is 3. The number of anilines is 1. The zero-order valence-electron chi connectivity index (χ0n) is 30.1. The molecule has 2 amide bonds. The average molecular weight is 732 g/mol. The first-order valence-corrected chi connectivity index (χ1v) is 17.2. The first-order valence-electron chi connectivity index (χ1n) is 17.2. The zero-order valence-corrected chi connectivity index (χ0v) is 30.1. The van der Waals surface area contributed by atoms with Gasteiger partial charge in [0.05, 0.1) is 32.2 Å². The number of esters is 1. The van der Waals surface area contributed by atoms with Crippen LogP contribution in [0.3, 0.4) is 0 Å². The molecular formula is C36H42FN9O7. The predicted molar refractivity (Wildman–Crippen MR) is 192 cm³/mol. The lowest BCUT2D eigenvalue weighted by Crippen LogP contribution is -2.49. The van der Waals surface area contributed by atoms with Crippen molar-refractivity contribution in [1.82, 2.24) is 30.0 Å². The number of aromatic nitrogens is 2.